The molecule has 0 spiro atoms. The van der Waals surface area contributed by atoms with Gasteiger partial charge in [-0.15, -0.1) is 11.3 Å². The molecule has 17 heavy (non-hydrogen) atoms. The van der Waals surface area contributed by atoms with E-state index in [0.717, 1.165) is 0 Å². The zero-order chi connectivity index (χ0) is 12.3. The lowest BCUT2D eigenvalue weighted by Gasteiger charge is -1.98. The standard InChI is InChI=1S/C16H28S/c1-3-5-7-9-11-15-13-16(17-14-15)12-10-8-6-4-2/h13-14H,3-12H2,1-2H3. The van der Waals surface area contributed by atoms with Crippen LogP contribution in [0, 0.1) is 0 Å². The Hall–Kier alpha value is -0.300. The third kappa shape index (κ3) is 6.88. The molecule has 0 atom stereocenters. The van der Waals surface area contributed by atoms with Crippen LogP contribution in [-0.4, -0.2) is 0 Å². The van der Waals surface area contributed by atoms with Gasteiger partial charge in [-0.25, -0.2) is 0 Å². The monoisotopic (exact) mass is 252 g/mol. The van der Waals surface area contributed by atoms with Crippen molar-refractivity contribution < 1.29 is 0 Å². The SMILES string of the molecule is CCCCCCc1csc(CCCCCC)c1. The molecule has 1 aromatic heterocycles. The molecule has 0 unspecified atom stereocenters. The van der Waals surface area contributed by atoms with Crippen LogP contribution in [0.4, 0.5) is 0 Å². The largest absolute Gasteiger partial charge is 0.149 e. The third-order valence-electron chi connectivity index (χ3n) is 3.30. The van der Waals surface area contributed by atoms with E-state index >= 15 is 0 Å². The molecule has 1 heteroatoms. The van der Waals surface area contributed by atoms with Gasteiger partial charge in [-0.3, -0.25) is 0 Å². The van der Waals surface area contributed by atoms with E-state index in [4.69, 9.17) is 0 Å². The molecule has 98 valence electrons. The van der Waals surface area contributed by atoms with Crippen LogP contribution >= 0.6 is 11.3 Å². The van der Waals surface area contributed by atoms with Gasteiger partial charge in [0.15, 0.2) is 0 Å². The van der Waals surface area contributed by atoms with E-state index in [9.17, 15) is 0 Å². The number of hydrogen-bond acceptors (Lipinski definition) is 1. The fraction of sp³-hybridized carbons (Fsp3) is 0.750. The van der Waals surface area contributed by atoms with E-state index < -0.39 is 0 Å². The summed E-state index contributed by atoms with van der Waals surface area (Å²) in [6, 6.07) is 2.45. The molecule has 0 bridgehead atoms. The molecular weight excluding hydrogens is 224 g/mol. The first-order valence-corrected chi connectivity index (χ1v) is 8.31. The van der Waals surface area contributed by atoms with Gasteiger partial charge in [-0.05, 0) is 42.7 Å². The van der Waals surface area contributed by atoms with Gasteiger partial charge < -0.3 is 0 Å². The zero-order valence-corrected chi connectivity index (χ0v) is 12.5. The molecule has 0 radical (unpaired) electrons. The summed E-state index contributed by atoms with van der Waals surface area (Å²) in [5.41, 5.74) is 1.58. The molecule has 0 fully saturated rings. The molecule has 0 aliphatic carbocycles. The van der Waals surface area contributed by atoms with Gasteiger partial charge in [0, 0.05) is 4.88 Å². The van der Waals surface area contributed by atoms with Gasteiger partial charge in [0.25, 0.3) is 0 Å². The number of hydrogen-bond donors (Lipinski definition) is 0. The fourth-order valence-electron chi connectivity index (χ4n) is 2.17. The average molecular weight is 252 g/mol. The lowest BCUT2D eigenvalue weighted by Crippen LogP contribution is -1.84. The first-order chi connectivity index (χ1) is 8.36. The highest BCUT2D eigenvalue weighted by molar-refractivity contribution is 7.10. The van der Waals surface area contributed by atoms with Gasteiger partial charge in [-0.1, -0.05) is 52.4 Å². The summed E-state index contributed by atoms with van der Waals surface area (Å²) in [7, 11) is 0. The topological polar surface area (TPSA) is 0 Å². The summed E-state index contributed by atoms with van der Waals surface area (Å²) < 4.78 is 0. The molecule has 0 aliphatic heterocycles. The number of aryl methyl sites for hydroxylation is 2. The van der Waals surface area contributed by atoms with Crippen LogP contribution in [0.2, 0.25) is 0 Å². The average Bonchev–Trinajstić information content (AvgIpc) is 2.78. The quantitative estimate of drug-likeness (QED) is 0.448. The second-order valence-electron chi connectivity index (χ2n) is 5.04. The minimum Gasteiger partial charge on any atom is -0.149 e. The maximum absolute atomic E-state index is 2.45. The summed E-state index contributed by atoms with van der Waals surface area (Å²) >= 11 is 1.97. The molecule has 0 nitrogen and oxygen atoms in total. The molecule has 1 rings (SSSR count). The fourth-order valence-corrected chi connectivity index (χ4v) is 3.14. The Morgan fingerprint density at radius 1 is 0.824 bits per heavy atom. The van der Waals surface area contributed by atoms with E-state index in [2.05, 4.69) is 25.3 Å². The Bertz CT molecular complexity index is 248. The van der Waals surface area contributed by atoms with E-state index in [0.29, 0.717) is 0 Å². The van der Waals surface area contributed by atoms with Crippen LogP contribution in [0.25, 0.3) is 0 Å². The van der Waals surface area contributed by atoms with Gasteiger partial charge in [-0.2, -0.15) is 0 Å². The second kappa shape index (κ2) is 9.70. The molecule has 1 aromatic rings. The molecule has 0 amide bonds. The highest BCUT2D eigenvalue weighted by atomic mass is 32.1. The van der Waals surface area contributed by atoms with E-state index in [1.54, 1.807) is 10.4 Å². The molecule has 0 saturated heterocycles. The van der Waals surface area contributed by atoms with Crippen molar-refractivity contribution in [2.75, 3.05) is 0 Å². The summed E-state index contributed by atoms with van der Waals surface area (Å²) in [6.45, 7) is 4.55. The minimum absolute atomic E-state index is 1.30. The van der Waals surface area contributed by atoms with Crippen LogP contribution in [0.3, 0.4) is 0 Å². The minimum atomic E-state index is 1.30. The smallest absolute Gasteiger partial charge is 0.00480 e. The predicted octanol–water partition coefficient (Wildman–Crippen LogP) is 5.99. The lowest BCUT2D eigenvalue weighted by molar-refractivity contribution is 0.664. The normalized spacial score (nSPS) is 10.9. The van der Waals surface area contributed by atoms with Crippen LogP contribution < -0.4 is 0 Å². The van der Waals surface area contributed by atoms with Gasteiger partial charge in [0.2, 0.25) is 0 Å². The van der Waals surface area contributed by atoms with Crippen molar-refractivity contribution in [1.29, 1.82) is 0 Å². The van der Waals surface area contributed by atoms with Crippen LogP contribution in [-0.2, 0) is 12.8 Å². The van der Waals surface area contributed by atoms with Crippen LogP contribution in [0.15, 0.2) is 11.4 Å². The van der Waals surface area contributed by atoms with Crippen molar-refractivity contribution in [2.24, 2.45) is 0 Å². The third-order valence-corrected chi connectivity index (χ3v) is 4.35. The highest BCUT2D eigenvalue weighted by Crippen LogP contribution is 2.19. The predicted molar refractivity (Wildman–Crippen MR) is 80.0 cm³/mol. The van der Waals surface area contributed by atoms with Gasteiger partial charge in [0.05, 0.1) is 0 Å². The van der Waals surface area contributed by atoms with E-state index in [-0.39, 0.29) is 0 Å². The van der Waals surface area contributed by atoms with E-state index in [1.807, 2.05) is 11.3 Å². The Labute approximate surface area is 111 Å². The molecule has 0 saturated carbocycles. The summed E-state index contributed by atoms with van der Waals surface area (Å²) in [5, 5.41) is 2.38. The Balaban J connectivity index is 2.14. The highest BCUT2D eigenvalue weighted by Gasteiger charge is 2.00. The maximum atomic E-state index is 2.45. The Kier molecular flexibility index (Phi) is 8.42. The number of unbranched alkanes of at least 4 members (excludes halogenated alkanes) is 6. The molecular formula is C16H28S. The summed E-state index contributed by atoms with van der Waals surface area (Å²) in [6.07, 6.45) is 13.6. The molecule has 0 N–H and O–H groups in total. The van der Waals surface area contributed by atoms with Crippen molar-refractivity contribution in [3.63, 3.8) is 0 Å². The van der Waals surface area contributed by atoms with E-state index in [1.165, 1.54) is 64.2 Å². The molecule has 0 aromatic carbocycles. The van der Waals surface area contributed by atoms with Crippen molar-refractivity contribution >= 4 is 11.3 Å². The second-order valence-corrected chi connectivity index (χ2v) is 6.04. The number of thiophene rings is 1. The van der Waals surface area contributed by atoms with Gasteiger partial charge in [0.1, 0.15) is 0 Å². The van der Waals surface area contributed by atoms with Crippen molar-refractivity contribution in [3.05, 3.63) is 21.9 Å². The Morgan fingerprint density at radius 2 is 1.47 bits per heavy atom. The molecule has 1 heterocycles. The molecule has 0 aliphatic rings. The van der Waals surface area contributed by atoms with Crippen molar-refractivity contribution in [1.82, 2.24) is 0 Å². The van der Waals surface area contributed by atoms with Crippen molar-refractivity contribution in [3.8, 4) is 0 Å². The number of rotatable bonds is 10. The Morgan fingerprint density at radius 3 is 2.12 bits per heavy atom. The van der Waals surface area contributed by atoms with Gasteiger partial charge >= 0.3 is 0 Å². The lowest BCUT2D eigenvalue weighted by atomic mass is 10.1. The maximum Gasteiger partial charge on any atom is 0.00480 e. The van der Waals surface area contributed by atoms with Crippen LogP contribution in [0.1, 0.15) is 75.7 Å². The van der Waals surface area contributed by atoms with Crippen LogP contribution in [0.5, 0.6) is 0 Å². The summed E-state index contributed by atoms with van der Waals surface area (Å²) in [4.78, 5) is 1.60. The first kappa shape index (κ1) is 14.8. The van der Waals surface area contributed by atoms with Crippen molar-refractivity contribution in [2.45, 2.75) is 78.1 Å². The summed E-state index contributed by atoms with van der Waals surface area (Å²) in [5.74, 6) is 0. The zero-order valence-electron chi connectivity index (χ0n) is 11.6. The first-order valence-electron chi connectivity index (χ1n) is 7.43.